The van der Waals surface area contributed by atoms with Crippen LogP contribution in [0.5, 0.6) is 0 Å². The second-order valence-corrected chi connectivity index (χ2v) is 4.59. The van der Waals surface area contributed by atoms with Crippen molar-refractivity contribution in [3.8, 4) is 0 Å². The second kappa shape index (κ2) is 8.61. The normalized spacial score (nSPS) is 24.1. The molecule has 0 radical (unpaired) electrons. The highest BCUT2D eigenvalue weighted by molar-refractivity contribution is 5.76. The minimum Gasteiger partial charge on any atom is -0.371 e. The fourth-order valence-corrected chi connectivity index (χ4v) is 1.82. The first-order valence-corrected chi connectivity index (χ1v) is 6.56. The van der Waals surface area contributed by atoms with Gasteiger partial charge >= 0.3 is 0 Å². The average Bonchev–Trinajstić information content (AvgIpc) is 2.72. The molecule has 2 atom stereocenters. The molecule has 1 rings (SSSR count). The van der Waals surface area contributed by atoms with Gasteiger partial charge in [-0.3, -0.25) is 4.79 Å². The van der Waals surface area contributed by atoms with Crippen LogP contribution >= 0.6 is 0 Å². The molecule has 0 aromatic heterocycles. The molecule has 0 saturated carbocycles. The molecule has 1 aliphatic heterocycles. The molecule has 0 N–H and O–H groups in total. The Labute approximate surface area is 104 Å². The van der Waals surface area contributed by atoms with E-state index < -0.39 is 0 Å². The number of hydrogen-bond donors (Lipinski definition) is 0. The van der Waals surface area contributed by atoms with Crippen molar-refractivity contribution in [1.82, 2.24) is 0 Å². The first kappa shape index (κ1) is 14.6. The Morgan fingerprint density at radius 2 is 2.18 bits per heavy atom. The number of Topliss-reactive ketones (excluding diaryl/α,β-unsaturated/α-hetero) is 1. The number of carbonyl (C=O) groups is 1. The van der Waals surface area contributed by atoms with Crippen molar-refractivity contribution in [3.63, 3.8) is 0 Å². The summed E-state index contributed by atoms with van der Waals surface area (Å²) in [4.78, 5) is 10.7. The van der Waals surface area contributed by atoms with Gasteiger partial charge in [-0.1, -0.05) is 26.2 Å². The lowest BCUT2D eigenvalue weighted by Crippen LogP contribution is -2.20. The van der Waals surface area contributed by atoms with Crippen molar-refractivity contribution in [2.75, 3.05) is 19.8 Å². The molecule has 0 aliphatic carbocycles. The highest BCUT2D eigenvalue weighted by atomic mass is 16.7. The maximum absolute atomic E-state index is 10.7. The number of ether oxygens (including phenoxy) is 3. The number of carbonyl (C=O) groups excluding carboxylic acids is 1. The predicted molar refractivity (Wildman–Crippen MR) is 64.9 cm³/mol. The van der Waals surface area contributed by atoms with E-state index in [1.165, 1.54) is 26.2 Å². The van der Waals surface area contributed by atoms with E-state index in [0.717, 1.165) is 12.8 Å². The van der Waals surface area contributed by atoms with Crippen molar-refractivity contribution in [3.05, 3.63) is 0 Å². The zero-order valence-electron chi connectivity index (χ0n) is 10.9. The second-order valence-electron chi connectivity index (χ2n) is 4.59. The van der Waals surface area contributed by atoms with Gasteiger partial charge in [-0.25, -0.2) is 0 Å². The molecule has 0 unspecified atom stereocenters. The summed E-state index contributed by atoms with van der Waals surface area (Å²) >= 11 is 0. The summed E-state index contributed by atoms with van der Waals surface area (Å²) in [6.07, 6.45) is 5.79. The van der Waals surface area contributed by atoms with Crippen LogP contribution in [0, 0.1) is 0 Å². The molecule has 0 spiro atoms. The predicted octanol–water partition coefficient (Wildman–Crippen LogP) is 2.30. The van der Waals surface area contributed by atoms with Gasteiger partial charge in [-0.05, 0) is 19.8 Å². The zero-order valence-corrected chi connectivity index (χ0v) is 10.9. The molecule has 4 heteroatoms. The third-order valence-corrected chi connectivity index (χ3v) is 2.71. The van der Waals surface area contributed by atoms with E-state index in [1.54, 1.807) is 0 Å². The van der Waals surface area contributed by atoms with Gasteiger partial charge in [-0.2, -0.15) is 0 Å². The minimum absolute atomic E-state index is 0.00877. The first-order chi connectivity index (χ1) is 8.22. The van der Waals surface area contributed by atoms with Crippen LogP contribution in [0.3, 0.4) is 0 Å². The first-order valence-electron chi connectivity index (χ1n) is 6.56. The molecule has 17 heavy (non-hydrogen) atoms. The molecule has 0 aromatic carbocycles. The van der Waals surface area contributed by atoms with Crippen LogP contribution in [-0.2, 0) is 19.0 Å². The SMILES string of the molecule is CCCCCC[C@H]1OC[C@@H](COCC(C)=O)O1. The summed E-state index contributed by atoms with van der Waals surface area (Å²) in [5.74, 6) is 0.0417. The quantitative estimate of drug-likeness (QED) is 0.584. The molecule has 0 bridgehead atoms. The Morgan fingerprint density at radius 3 is 2.88 bits per heavy atom. The van der Waals surface area contributed by atoms with E-state index in [2.05, 4.69) is 6.92 Å². The number of ketones is 1. The molecule has 1 saturated heterocycles. The Hall–Kier alpha value is -0.450. The highest BCUT2D eigenvalue weighted by Crippen LogP contribution is 2.17. The summed E-state index contributed by atoms with van der Waals surface area (Å²) in [5, 5.41) is 0. The number of unbranched alkanes of at least 4 members (excludes halogenated alkanes) is 3. The lowest BCUT2D eigenvalue weighted by atomic mass is 10.1. The summed E-state index contributed by atoms with van der Waals surface area (Å²) in [5.41, 5.74) is 0. The van der Waals surface area contributed by atoms with Gasteiger partial charge in [0.25, 0.3) is 0 Å². The fraction of sp³-hybridized carbons (Fsp3) is 0.923. The van der Waals surface area contributed by atoms with Crippen LogP contribution in [0.1, 0.15) is 46.0 Å². The monoisotopic (exact) mass is 244 g/mol. The number of hydrogen-bond acceptors (Lipinski definition) is 4. The Morgan fingerprint density at radius 1 is 1.35 bits per heavy atom. The highest BCUT2D eigenvalue weighted by Gasteiger charge is 2.25. The summed E-state index contributed by atoms with van der Waals surface area (Å²) in [6, 6.07) is 0. The average molecular weight is 244 g/mol. The lowest BCUT2D eigenvalue weighted by molar-refractivity contribution is -0.123. The van der Waals surface area contributed by atoms with Crippen LogP contribution in [0.15, 0.2) is 0 Å². The third kappa shape index (κ3) is 6.76. The maximum atomic E-state index is 10.7. The molecule has 1 heterocycles. The molecular formula is C13H24O4. The standard InChI is InChI=1S/C13H24O4/c1-3-4-5-6-7-13-16-10-12(17-13)9-15-8-11(2)14/h12-13H,3-10H2,1-2H3/t12-,13+/m1/s1. The van der Waals surface area contributed by atoms with E-state index >= 15 is 0 Å². The van der Waals surface area contributed by atoms with Gasteiger partial charge in [-0.15, -0.1) is 0 Å². The smallest absolute Gasteiger partial charge is 0.158 e. The van der Waals surface area contributed by atoms with Crippen molar-refractivity contribution in [2.24, 2.45) is 0 Å². The van der Waals surface area contributed by atoms with Crippen LogP contribution in [-0.4, -0.2) is 38.0 Å². The summed E-state index contributed by atoms with van der Waals surface area (Å²) < 4.78 is 16.4. The maximum Gasteiger partial charge on any atom is 0.158 e. The molecule has 1 fully saturated rings. The summed E-state index contributed by atoms with van der Waals surface area (Å²) in [7, 11) is 0. The summed E-state index contributed by atoms with van der Waals surface area (Å²) in [6.45, 7) is 4.91. The van der Waals surface area contributed by atoms with Gasteiger partial charge in [0.05, 0.1) is 13.2 Å². The molecular weight excluding hydrogens is 220 g/mol. The Kier molecular flexibility index (Phi) is 7.40. The van der Waals surface area contributed by atoms with E-state index in [4.69, 9.17) is 14.2 Å². The van der Waals surface area contributed by atoms with Crippen molar-refractivity contribution in [2.45, 2.75) is 58.3 Å². The van der Waals surface area contributed by atoms with E-state index in [1.807, 2.05) is 0 Å². The molecule has 1 aliphatic rings. The number of rotatable bonds is 9. The van der Waals surface area contributed by atoms with Crippen LogP contribution < -0.4 is 0 Å². The largest absolute Gasteiger partial charge is 0.371 e. The van der Waals surface area contributed by atoms with Gasteiger partial charge in [0.2, 0.25) is 0 Å². The lowest BCUT2D eigenvalue weighted by Gasteiger charge is -2.11. The fourth-order valence-electron chi connectivity index (χ4n) is 1.82. The van der Waals surface area contributed by atoms with Gasteiger partial charge in [0.15, 0.2) is 12.1 Å². The topological polar surface area (TPSA) is 44.8 Å². The Bertz CT molecular complexity index is 217. The molecule has 4 nitrogen and oxygen atoms in total. The van der Waals surface area contributed by atoms with Crippen LogP contribution in [0.2, 0.25) is 0 Å². The Balaban J connectivity index is 2.00. The van der Waals surface area contributed by atoms with Gasteiger partial charge in [0, 0.05) is 0 Å². The van der Waals surface area contributed by atoms with Crippen molar-refractivity contribution >= 4 is 5.78 Å². The molecule has 0 amide bonds. The van der Waals surface area contributed by atoms with Gasteiger partial charge in [0.1, 0.15) is 12.7 Å². The minimum atomic E-state index is -0.0715. The van der Waals surface area contributed by atoms with Crippen molar-refractivity contribution in [1.29, 1.82) is 0 Å². The van der Waals surface area contributed by atoms with Crippen LogP contribution in [0.4, 0.5) is 0 Å². The molecule has 100 valence electrons. The van der Waals surface area contributed by atoms with E-state index in [-0.39, 0.29) is 24.8 Å². The molecule has 0 aromatic rings. The zero-order chi connectivity index (χ0) is 12.5. The van der Waals surface area contributed by atoms with E-state index in [9.17, 15) is 4.79 Å². The van der Waals surface area contributed by atoms with E-state index in [0.29, 0.717) is 13.2 Å². The van der Waals surface area contributed by atoms with Gasteiger partial charge < -0.3 is 14.2 Å². The van der Waals surface area contributed by atoms with Crippen molar-refractivity contribution < 1.29 is 19.0 Å². The third-order valence-electron chi connectivity index (χ3n) is 2.71. The van der Waals surface area contributed by atoms with Crippen LogP contribution in [0.25, 0.3) is 0 Å².